The summed E-state index contributed by atoms with van der Waals surface area (Å²) in [7, 11) is 1.62. The Bertz CT molecular complexity index is 1010. The maximum Gasteiger partial charge on any atom is 0.312 e. The van der Waals surface area contributed by atoms with E-state index in [1.54, 1.807) is 7.11 Å². The van der Waals surface area contributed by atoms with Crippen molar-refractivity contribution >= 4 is 28.9 Å². The lowest BCUT2D eigenvalue weighted by Gasteiger charge is -2.08. The smallest absolute Gasteiger partial charge is 0.312 e. The molecule has 3 aromatic rings. The molecule has 3 rings (SSSR count). The number of ether oxygens (including phenoxy) is 2. The minimum atomic E-state index is -0.494. The molecule has 7 heteroatoms. The summed E-state index contributed by atoms with van der Waals surface area (Å²) in [5.41, 5.74) is 4.46. The molecule has 0 spiro atoms. The van der Waals surface area contributed by atoms with Gasteiger partial charge in [-0.3, -0.25) is 9.59 Å². The zero-order chi connectivity index (χ0) is 20.8. The van der Waals surface area contributed by atoms with Crippen LogP contribution in [0.5, 0.6) is 5.75 Å². The van der Waals surface area contributed by atoms with E-state index in [1.807, 2.05) is 61.7 Å². The van der Waals surface area contributed by atoms with Gasteiger partial charge in [0, 0.05) is 16.6 Å². The molecule has 6 nitrogen and oxygen atoms in total. The molecular formula is C22H22N2O4S. The maximum atomic E-state index is 12.0. The minimum Gasteiger partial charge on any atom is -0.497 e. The standard InChI is InChI=1S/C22H22N2O4S/c1-14-4-7-17(10-15(14)2)23-20(25)12-28-21(26)11-18-13-29-22(24-18)16-5-8-19(27-3)9-6-16/h4-10,13H,11-12H2,1-3H3,(H,23,25). The number of hydrogen-bond acceptors (Lipinski definition) is 6. The van der Waals surface area contributed by atoms with Crippen LogP contribution in [-0.4, -0.2) is 30.6 Å². The average molecular weight is 410 g/mol. The molecule has 2 aromatic carbocycles. The Kier molecular flexibility index (Phi) is 6.61. The Morgan fingerprint density at radius 1 is 1.07 bits per heavy atom. The highest BCUT2D eigenvalue weighted by Crippen LogP contribution is 2.26. The van der Waals surface area contributed by atoms with Gasteiger partial charge in [-0.25, -0.2) is 4.98 Å². The number of methoxy groups -OCH3 is 1. The molecule has 0 fully saturated rings. The molecule has 0 unspecified atom stereocenters. The number of thiazole rings is 1. The van der Waals surface area contributed by atoms with Gasteiger partial charge in [0.2, 0.25) is 0 Å². The van der Waals surface area contributed by atoms with Gasteiger partial charge >= 0.3 is 5.97 Å². The number of nitrogens with zero attached hydrogens (tertiary/aromatic N) is 1. The van der Waals surface area contributed by atoms with Gasteiger partial charge in [0.05, 0.1) is 19.2 Å². The Morgan fingerprint density at radius 3 is 2.52 bits per heavy atom. The van der Waals surface area contributed by atoms with Crippen molar-refractivity contribution in [2.75, 3.05) is 19.0 Å². The molecule has 0 bridgehead atoms. The Labute approximate surface area is 173 Å². The predicted octanol–water partition coefficient (Wildman–Crippen LogP) is 4.16. The number of carbonyl (C=O) groups is 2. The van der Waals surface area contributed by atoms with Gasteiger partial charge in [0.25, 0.3) is 5.91 Å². The second-order valence-corrected chi connectivity index (χ2v) is 7.42. The normalized spacial score (nSPS) is 10.4. The first kappa shape index (κ1) is 20.5. The first-order valence-corrected chi connectivity index (χ1v) is 9.94. The fraction of sp³-hybridized carbons (Fsp3) is 0.227. The number of benzene rings is 2. The van der Waals surface area contributed by atoms with Gasteiger partial charge in [-0.15, -0.1) is 11.3 Å². The van der Waals surface area contributed by atoms with Gasteiger partial charge in [-0.1, -0.05) is 6.07 Å². The van der Waals surface area contributed by atoms with E-state index in [0.717, 1.165) is 27.4 Å². The minimum absolute atomic E-state index is 0.0174. The summed E-state index contributed by atoms with van der Waals surface area (Å²) in [5, 5.41) is 5.35. The quantitative estimate of drug-likeness (QED) is 0.592. The van der Waals surface area contributed by atoms with Gasteiger partial charge in [-0.2, -0.15) is 0 Å². The molecule has 1 aromatic heterocycles. The summed E-state index contributed by atoms with van der Waals surface area (Å²) < 4.78 is 10.2. The molecule has 0 radical (unpaired) electrons. The predicted molar refractivity (Wildman–Crippen MR) is 113 cm³/mol. The third-order valence-corrected chi connectivity index (χ3v) is 5.31. The lowest BCUT2D eigenvalue weighted by atomic mass is 10.1. The third kappa shape index (κ3) is 5.65. The van der Waals surface area contributed by atoms with Crippen molar-refractivity contribution in [2.24, 2.45) is 0 Å². The van der Waals surface area contributed by atoms with Crippen LogP contribution in [0.25, 0.3) is 10.6 Å². The van der Waals surface area contributed by atoms with Crippen LogP contribution in [0.4, 0.5) is 5.69 Å². The topological polar surface area (TPSA) is 77.5 Å². The van der Waals surface area contributed by atoms with Gasteiger partial charge in [0.1, 0.15) is 10.8 Å². The molecule has 0 atom stereocenters. The highest BCUT2D eigenvalue weighted by Gasteiger charge is 2.12. The lowest BCUT2D eigenvalue weighted by Crippen LogP contribution is -2.21. The zero-order valence-corrected chi connectivity index (χ0v) is 17.3. The Hall–Kier alpha value is -3.19. The molecule has 0 aliphatic carbocycles. The lowest BCUT2D eigenvalue weighted by molar-refractivity contribution is -0.146. The van der Waals surface area contributed by atoms with E-state index in [-0.39, 0.29) is 18.9 Å². The van der Waals surface area contributed by atoms with Gasteiger partial charge < -0.3 is 14.8 Å². The van der Waals surface area contributed by atoms with Crippen molar-refractivity contribution in [2.45, 2.75) is 20.3 Å². The summed E-state index contributed by atoms with van der Waals surface area (Å²) in [6, 6.07) is 13.2. The van der Waals surface area contributed by atoms with Gasteiger partial charge in [0.15, 0.2) is 6.61 Å². The average Bonchev–Trinajstić information content (AvgIpc) is 3.17. The summed E-state index contributed by atoms with van der Waals surface area (Å²) in [5.74, 6) is -0.0983. The van der Waals surface area contributed by atoms with E-state index in [2.05, 4.69) is 10.3 Å². The van der Waals surface area contributed by atoms with E-state index >= 15 is 0 Å². The van der Waals surface area contributed by atoms with Crippen LogP contribution in [0, 0.1) is 13.8 Å². The maximum absolute atomic E-state index is 12.0. The summed E-state index contributed by atoms with van der Waals surface area (Å²) in [6.45, 7) is 3.64. The molecule has 0 aliphatic heterocycles. The van der Waals surface area contributed by atoms with E-state index < -0.39 is 5.97 Å². The van der Waals surface area contributed by atoms with Crippen molar-refractivity contribution in [3.63, 3.8) is 0 Å². The van der Waals surface area contributed by atoms with Crippen LogP contribution in [-0.2, 0) is 20.7 Å². The number of rotatable bonds is 7. The van der Waals surface area contributed by atoms with Crippen molar-refractivity contribution in [1.29, 1.82) is 0 Å². The first-order valence-electron chi connectivity index (χ1n) is 9.06. The number of carbonyl (C=O) groups excluding carboxylic acids is 2. The van der Waals surface area contributed by atoms with Gasteiger partial charge in [-0.05, 0) is 61.4 Å². The van der Waals surface area contributed by atoms with Crippen LogP contribution < -0.4 is 10.1 Å². The van der Waals surface area contributed by atoms with Crippen molar-refractivity contribution in [1.82, 2.24) is 4.98 Å². The molecule has 150 valence electrons. The highest BCUT2D eigenvalue weighted by atomic mass is 32.1. The van der Waals surface area contributed by atoms with E-state index in [4.69, 9.17) is 9.47 Å². The fourth-order valence-corrected chi connectivity index (χ4v) is 3.44. The van der Waals surface area contributed by atoms with Crippen LogP contribution >= 0.6 is 11.3 Å². The number of amides is 1. The fourth-order valence-electron chi connectivity index (χ4n) is 2.62. The van der Waals surface area contributed by atoms with Crippen molar-refractivity contribution in [3.05, 3.63) is 64.7 Å². The third-order valence-electron chi connectivity index (χ3n) is 4.37. The van der Waals surface area contributed by atoms with Crippen LogP contribution in [0.2, 0.25) is 0 Å². The largest absolute Gasteiger partial charge is 0.497 e. The number of hydrogen-bond donors (Lipinski definition) is 1. The second-order valence-electron chi connectivity index (χ2n) is 6.56. The summed E-state index contributed by atoms with van der Waals surface area (Å²) >= 11 is 1.45. The number of esters is 1. The van der Waals surface area contributed by atoms with E-state index in [1.165, 1.54) is 11.3 Å². The highest BCUT2D eigenvalue weighted by molar-refractivity contribution is 7.13. The summed E-state index contributed by atoms with van der Waals surface area (Å²) in [4.78, 5) is 28.5. The zero-order valence-electron chi connectivity index (χ0n) is 16.5. The Balaban J connectivity index is 1.49. The molecule has 1 amide bonds. The van der Waals surface area contributed by atoms with Crippen LogP contribution in [0.3, 0.4) is 0 Å². The molecule has 0 saturated heterocycles. The molecule has 0 saturated carbocycles. The molecule has 0 aliphatic rings. The number of aromatic nitrogens is 1. The van der Waals surface area contributed by atoms with Crippen LogP contribution in [0.1, 0.15) is 16.8 Å². The number of anilines is 1. The molecule has 29 heavy (non-hydrogen) atoms. The van der Waals surface area contributed by atoms with E-state index in [0.29, 0.717) is 11.4 Å². The van der Waals surface area contributed by atoms with Crippen molar-refractivity contribution in [3.8, 4) is 16.3 Å². The van der Waals surface area contributed by atoms with Crippen LogP contribution in [0.15, 0.2) is 47.8 Å². The monoisotopic (exact) mass is 410 g/mol. The second kappa shape index (κ2) is 9.34. The van der Waals surface area contributed by atoms with E-state index in [9.17, 15) is 9.59 Å². The number of nitrogens with one attached hydrogen (secondary N) is 1. The molecule has 1 heterocycles. The molecule has 1 N–H and O–H groups in total. The summed E-state index contributed by atoms with van der Waals surface area (Å²) in [6.07, 6.45) is 0.0174. The molecular weight excluding hydrogens is 388 g/mol. The number of aryl methyl sites for hydroxylation is 2. The SMILES string of the molecule is COc1ccc(-c2nc(CC(=O)OCC(=O)Nc3ccc(C)c(C)c3)cs2)cc1. The van der Waals surface area contributed by atoms with Crippen molar-refractivity contribution < 1.29 is 19.1 Å². The first-order chi connectivity index (χ1) is 13.9. The Morgan fingerprint density at radius 2 is 1.83 bits per heavy atom.